The summed E-state index contributed by atoms with van der Waals surface area (Å²) in [5.74, 6) is -0.523. The fourth-order valence-electron chi connectivity index (χ4n) is 3.65. The Morgan fingerprint density at radius 1 is 1.19 bits per heavy atom. The van der Waals surface area contributed by atoms with E-state index in [0.29, 0.717) is 12.6 Å². The second-order valence-electron chi connectivity index (χ2n) is 6.43. The van der Waals surface area contributed by atoms with Crippen molar-refractivity contribution in [3.8, 4) is 0 Å². The van der Waals surface area contributed by atoms with E-state index in [9.17, 15) is 34.8 Å². The number of pyridine rings is 1. The van der Waals surface area contributed by atoms with Crippen molar-refractivity contribution >= 4 is 10.1 Å². The van der Waals surface area contributed by atoms with Crippen LogP contribution in [0.2, 0.25) is 0 Å². The van der Waals surface area contributed by atoms with Gasteiger partial charge < -0.3 is 5.32 Å². The Bertz CT molecular complexity index is 773. The summed E-state index contributed by atoms with van der Waals surface area (Å²) in [6, 6.07) is 1.84. The molecule has 2 aliphatic rings. The van der Waals surface area contributed by atoms with Crippen LogP contribution in [0.15, 0.2) is 18.3 Å². The molecule has 1 aromatic heterocycles. The first-order valence-corrected chi connectivity index (χ1v) is 9.02. The number of alkyl halides is 6. The van der Waals surface area contributed by atoms with Crippen molar-refractivity contribution in [1.82, 2.24) is 10.3 Å². The zero-order chi connectivity index (χ0) is 19.4. The minimum Gasteiger partial charge on any atom is -0.315 e. The van der Waals surface area contributed by atoms with Gasteiger partial charge in [-0.05, 0) is 25.0 Å². The summed E-state index contributed by atoms with van der Waals surface area (Å²) in [5.41, 5.74) is -7.75. The molecule has 2 bridgehead atoms. The molecule has 0 spiro atoms. The van der Waals surface area contributed by atoms with E-state index in [1.54, 1.807) is 0 Å². The van der Waals surface area contributed by atoms with Gasteiger partial charge in [0, 0.05) is 25.2 Å². The van der Waals surface area contributed by atoms with E-state index < -0.39 is 44.8 Å². The molecule has 12 heteroatoms. The molecule has 0 aromatic carbocycles. The first-order valence-electron chi connectivity index (χ1n) is 7.61. The van der Waals surface area contributed by atoms with Crippen molar-refractivity contribution in [1.29, 1.82) is 0 Å². The summed E-state index contributed by atoms with van der Waals surface area (Å²) < 4.78 is 104. The van der Waals surface area contributed by atoms with E-state index in [1.165, 1.54) is 0 Å². The van der Waals surface area contributed by atoms with Gasteiger partial charge in [-0.15, -0.1) is 0 Å². The molecule has 5 nitrogen and oxygen atoms in total. The molecule has 1 aliphatic carbocycles. The lowest BCUT2D eigenvalue weighted by Crippen LogP contribution is -2.55. The minimum atomic E-state index is -5.84. The summed E-state index contributed by atoms with van der Waals surface area (Å²) in [6.45, 7) is 0.306. The van der Waals surface area contributed by atoms with Crippen LogP contribution in [0.3, 0.4) is 0 Å². The third kappa shape index (κ3) is 3.18. The van der Waals surface area contributed by atoms with Crippen LogP contribution in [0, 0.1) is 5.92 Å². The fraction of sp³-hybridized carbons (Fsp3) is 0.643. The molecule has 2 fully saturated rings. The summed E-state index contributed by atoms with van der Waals surface area (Å²) in [4.78, 5) is 3.76. The largest absolute Gasteiger partial charge is 0.523 e. The van der Waals surface area contributed by atoms with Crippen LogP contribution in [0.1, 0.15) is 24.1 Å². The zero-order valence-corrected chi connectivity index (χ0v) is 13.9. The predicted molar refractivity (Wildman–Crippen MR) is 76.4 cm³/mol. The van der Waals surface area contributed by atoms with Crippen molar-refractivity contribution in [3.05, 3.63) is 29.6 Å². The van der Waals surface area contributed by atoms with E-state index in [1.807, 2.05) is 0 Å². The summed E-state index contributed by atoms with van der Waals surface area (Å²) in [6.07, 6.45) is -4.75. The molecule has 1 aromatic rings. The monoisotopic (exact) mass is 404 g/mol. The number of nitrogens with one attached hydrogen (secondary N) is 1. The quantitative estimate of drug-likeness (QED) is 0.477. The van der Waals surface area contributed by atoms with Gasteiger partial charge in [0.2, 0.25) is 0 Å². The van der Waals surface area contributed by atoms with Crippen molar-refractivity contribution in [2.24, 2.45) is 5.92 Å². The van der Waals surface area contributed by atoms with Crippen molar-refractivity contribution in [2.45, 2.75) is 36.0 Å². The molecule has 146 valence electrons. The molecule has 0 amide bonds. The van der Waals surface area contributed by atoms with Crippen LogP contribution in [0.5, 0.6) is 0 Å². The highest BCUT2D eigenvalue weighted by atomic mass is 32.2. The highest BCUT2D eigenvalue weighted by Crippen LogP contribution is 2.49. The maximum Gasteiger partial charge on any atom is 0.523 e. The van der Waals surface area contributed by atoms with Gasteiger partial charge in [-0.1, -0.05) is 0 Å². The van der Waals surface area contributed by atoms with Gasteiger partial charge in [0.25, 0.3) is 0 Å². The lowest BCUT2D eigenvalue weighted by Gasteiger charge is -2.40. The van der Waals surface area contributed by atoms with Crippen LogP contribution < -0.4 is 5.32 Å². The Balaban J connectivity index is 1.97. The number of hydrogen-bond acceptors (Lipinski definition) is 5. The van der Waals surface area contributed by atoms with Crippen LogP contribution >= 0.6 is 0 Å². The molecule has 3 rings (SSSR count). The third-order valence-corrected chi connectivity index (χ3v) is 5.92. The summed E-state index contributed by atoms with van der Waals surface area (Å²) in [7, 11) is -5.84. The first-order chi connectivity index (χ1) is 11.9. The zero-order valence-electron chi connectivity index (χ0n) is 13.1. The Morgan fingerprint density at radius 3 is 2.42 bits per heavy atom. The van der Waals surface area contributed by atoms with Gasteiger partial charge in [-0.2, -0.15) is 34.8 Å². The molecular formula is C14H14F6N2O3S. The number of fused-ring (bicyclic) bond motifs is 2. The number of nitrogens with zero attached hydrogens (tertiary/aromatic N) is 1. The van der Waals surface area contributed by atoms with Crippen LogP contribution in [0.25, 0.3) is 0 Å². The topological polar surface area (TPSA) is 68.3 Å². The van der Waals surface area contributed by atoms with Crippen LogP contribution in [0.4, 0.5) is 26.3 Å². The Hall–Kier alpha value is -1.40. The SMILES string of the molecule is O=S(=O)(OC1C2CCC1(c1ccc(C(F)(F)F)cn1)CNC2)C(F)(F)F. The molecule has 2 heterocycles. The smallest absolute Gasteiger partial charge is 0.315 e. The second-order valence-corrected chi connectivity index (χ2v) is 8.00. The molecule has 3 atom stereocenters. The van der Waals surface area contributed by atoms with Gasteiger partial charge in [-0.3, -0.25) is 9.17 Å². The summed E-state index contributed by atoms with van der Waals surface area (Å²) >= 11 is 0. The minimum absolute atomic E-state index is 0.0555. The van der Waals surface area contributed by atoms with Gasteiger partial charge in [0.1, 0.15) is 0 Å². The maximum atomic E-state index is 12.7. The average molecular weight is 404 g/mol. The molecule has 0 radical (unpaired) electrons. The lowest BCUT2D eigenvalue weighted by molar-refractivity contribution is -0.137. The molecular weight excluding hydrogens is 390 g/mol. The Kier molecular flexibility index (Phi) is 4.51. The number of piperidine rings is 1. The highest BCUT2D eigenvalue weighted by molar-refractivity contribution is 7.87. The van der Waals surface area contributed by atoms with Crippen molar-refractivity contribution in [2.75, 3.05) is 13.1 Å². The van der Waals surface area contributed by atoms with E-state index in [0.717, 1.165) is 12.1 Å². The molecule has 1 saturated carbocycles. The average Bonchev–Trinajstić information content (AvgIpc) is 2.72. The first kappa shape index (κ1) is 19.4. The van der Waals surface area contributed by atoms with Crippen LogP contribution in [-0.4, -0.2) is 38.1 Å². The molecule has 26 heavy (non-hydrogen) atoms. The number of rotatable bonds is 3. The molecule has 1 aliphatic heterocycles. The summed E-state index contributed by atoms with van der Waals surface area (Å²) in [5, 5.41) is 2.97. The maximum absolute atomic E-state index is 12.7. The van der Waals surface area contributed by atoms with E-state index in [2.05, 4.69) is 14.5 Å². The van der Waals surface area contributed by atoms with Crippen LogP contribution in [-0.2, 0) is 25.9 Å². The number of halogens is 6. The standard InChI is InChI=1S/C14H14F6N2O3S/c15-13(16,17)9-1-2-10(22-6-9)12-4-3-8(5-21-7-12)11(12)25-26(23,24)14(18,19)20/h1-2,6,8,11,21H,3-5,7H2. The highest BCUT2D eigenvalue weighted by Gasteiger charge is 2.59. The predicted octanol–water partition coefficient (Wildman–Crippen LogP) is 2.59. The third-order valence-electron chi connectivity index (χ3n) is 4.90. The van der Waals surface area contributed by atoms with Crippen molar-refractivity contribution in [3.63, 3.8) is 0 Å². The Labute approximate surface area is 144 Å². The Morgan fingerprint density at radius 2 is 1.88 bits per heavy atom. The lowest BCUT2D eigenvalue weighted by atomic mass is 9.77. The van der Waals surface area contributed by atoms with Gasteiger partial charge in [0.05, 0.1) is 22.8 Å². The van der Waals surface area contributed by atoms with E-state index >= 15 is 0 Å². The number of hydrogen-bond donors (Lipinski definition) is 1. The van der Waals surface area contributed by atoms with Crippen molar-refractivity contribution < 1.29 is 38.9 Å². The van der Waals surface area contributed by atoms with Gasteiger partial charge in [0.15, 0.2) is 0 Å². The second kappa shape index (κ2) is 6.06. The molecule has 3 unspecified atom stereocenters. The fourth-order valence-corrected chi connectivity index (χ4v) is 4.37. The van der Waals surface area contributed by atoms with Gasteiger partial charge >= 0.3 is 21.8 Å². The molecule has 1 N–H and O–H groups in total. The van der Waals surface area contributed by atoms with E-state index in [4.69, 9.17) is 0 Å². The van der Waals surface area contributed by atoms with Gasteiger partial charge in [-0.25, -0.2) is 0 Å². The molecule has 1 saturated heterocycles. The van der Waals surface area contributed by atoms with E-state index in [-0.39, 0.29) is 25.2 Å². The number of aromatic nitrogens is 1. The normalized spacial score (nSPS) is 29.8.